The maximum absolute atomic E-state index is 14.0. The maximum Gasteiger partial charge on any atom is 0.341 e. The van der Waals surface area contributed by atoms with Crippen LogP contribution in [0.2, 0.25) is 0 Å². The third-order valence-electron chi connectivity index (χ3n) is 2.79. The van der Waals surface area contributed by atoms with Crippen molar-refractivity contribution < 1.29 is 19.0 Å². The van der Waals surface area contributed by atoms with Gasteiger partial charge in [-0.2, -0.15) is 5.10 Å². The Morgan fingerprint density at radius 1 is 1.55 bits per heavy atom. The van der Waals surface area contributed by atoms with E-state index in [0.717, 1.165) is 0 Å². The van der Waals surface area contributed by atoms with Gasteiger partial charge in [0.1, 0.15) is 11.5 Å². The minimum absolute atomic E-state index is 0.199. The zero-order valence-electron chi connectivity index (χ0n) is 11.2. The smallest absolute Gasteiger partial charge is 0.341 e. The van der Waals surface area contributed by atoms with Crippen molar-refractivity contribution in [2.45, 2.75) is 20.0 Å². The number of benzene rings is 1. The van der Waals surface area contributed by atoms with Gasteiger partial charge in [-0.05, 0) is 31.5 Å². The molecular formula is C14H15FN2O3. The van der Waals surface area contributed by atoms with Crippen LogP contribution in [0.4, 0.5) is 4.39 Å². The van der Waals surface area contributed by atoms with Crippen LogP contribution in [0.15, 0.2) is 30.6 Å². The molecule has 1 aromatic carbocycles. The molecule has 2 rings (SSSR count). The van der Waals surface area contributed by atoms with Crippen LogP contribution in [-0.4, -0.2) is 27.5 Å². The van der Waals surface area contributed by atoms with Gasteiger partial charge in [-0.25, -0.2) is 13.9 Å². The number of hydrogen-bond donors (Lipinski definition) is 1. The van der Waals surface area contributed by atoms with Crippen LogP contribution in [0.5, 0.6) is 0 Å². The standard InChI is InChI=1S/C14H15FN2O3/c1-3-20-14(19)11-7-16-17(8-11)13-5-4-10(9(2)18)6-12(13)15/h4-9,18H,3H2,1-2H3/t9-/m1/s1. The van der Waals surface area contributed by atoms with E-state index in [0.29, 0.717) is 5.56 Å². The van der Waals surface area contributed by atoms with E-state index in [4.69, 9.17) is 4.74 Å². The summed E-state index contributed by atoms with van der Waals surface area (Å²) in [6.45, 7) is 3.53. The number of aliphatic hydroxyl groups excluding tert-OH is 1. The Morgan fingerprint density at radius 2 is 2.30 bits per heavy atom. The van der Waals surface area contributed by atoms with Crippen molar-refractivity contribution in [3.8, 4) is 5.69 Å². The number of carbonyl (C=O) groups is 1. The Kier molecular flexibility index (Phi) is 4.14. The number of hydrogen-bond acceptors (Lipinski definition) is 4. The normalized spacial score (nSPS) is 12.2. The molecule has 0 amide bonds. The Balaban J connectivity index is 2.30. The summed E-state index contributed by atoms with van der Waals surface area (Å²) in [6, 6.07) is 4.35. The van der Waals surface area contributed by atoms with E-state index in [9.17, 15) is 14.3 Å². The Morgan fingerprint density at radius 3 is 2.90 bits per heavy atom. The number of aliphatic hydroxyl groups is 1. The maximum atomic E-state index is 14.0. The highest BCUT2D eigenvalue weighted by atomic mass is 19.1. The van der Waals surface area contributed by atoms with Crippen molar-refractivity contribution in [2.24, 2.45) is 0 Å². The molecule has 0 spiro atoms. The van der Waals surface area contributed by atoms with Gasteiger partial charge in [0.25, 0.3) is 0 Å². The molecule has 0 radical (unpaired) electrons. The highest BCUT2D eigenvalue weighted by Crippen LogP contribution is 2.19. The van der Waals surface area contributed by atoms with Crippen LogP contribution in [0, 0.1) is 5.82 Å². The number of nitrogens with zero attached hydrogens (tertiary/aromatic N) is 2. The summed E-state index contributed by atoms with van der Waals surface area (Å²) < 4.78 is 20.1. The van der Waals surface area contributed by atoms with Crippen LogP contribution in [0.3, 0.4) is 0 Å². The molecule has 1 heterocycles. The Hall–Kier alpha value is -2.21. The highest BCUT2D eigenvalue weighted by Gasteiger charge is 2.13. The lowest BCUT2D eigenvalue weighted by Gasteiger charge is -2.08. The second-order valence-electron chi connectivity index (χ2n) is 4.28. The second-order valence-corrected chi connectivity index (χ2v) is 4.28. The molecule has 0 bridgehead atoms. The van der Waals surface area contributed by atoms with Gasteiger partial charge in [0.15, 0.2) is 0 Å². The molecule has 0 saturated heterocycles. The fourth-order valence-corrected chi connectivity index (χ4v) is 1.74. The zero-order chi connectivity index (χ0) is 14.7. The zero-order valence-corrected chi connectivity index (χ0v) is 11.2. The lowest BCUT2D eigenvalue weighted by Crippen LogP contribution is -2.04. The summed E-state index contributed by atoms with van der Waals surface area (Å²) in [6.07, 6.45) is 1.98. The molecule has 6 heteroatoms. The van der Waals surface area contributed by atoms with Crippen LogP contribution >= 0.6 is 0 Å². The van der Waals surface area contributed by atoms with Crippen LogP contribution in [0.25, 0.3) is 5.69 Å². The van der Waals surface area contributed by atoms with E-state index in [1.54, 1.807) is 19.9 Å². The lowest BCUT2D eigenvalue weighted by atomic mass is 10.1. The predicted molar refractivity (Wildman–Crippen MR) is 70.1 cm³/mol. The van der Waals surface area contributed by atoms with Crippen molar-refractivity contribution in [2.75, 3.05) is 6.61 Å². The first-order valence-electron chi connectivity index (χ1n) is 6.22. The summed E-state index contributed by atoms with van der Waals surface area (Å²) in [4.78, 5) is 11.5. The average molecular weight is 278 g/mol. The van der Waals surface area contributed by atoms with Crippen molar-refractivity contribution in [3.63, 3.8) is 0 Å². The third kappa shape index (κ3) is 2.85. The Labute approximate surface area is 115 Å². The first kappa shape index (κ1) is 14.2. The van der Waals surface area contributed by atoms with Gasteiger partial charge in [-0.3, -0.25) is 0 Å². The monoisotopic (exact) mass is 278 g/mol. The van der Waals surface area contributed by atoms with Crippen molar-refractivity contribution >= 4 is 5.97 Å². The predicted octanol–water partition coefficient (Wildman–Crippen LogP) is 2.24. The molecule has 0 saturated carbocycles. The minimum Gasteiger partial charge on any atom is -0.462 e. The molecule has 0 unspecified atom stereocenters. The molecule has 0 aliphatic rings. The van der Waals surface area contributed by atoms with E-state index in [-0.39, 0.29) is 17.9 Å². The van der Waals surface area contributed by atoms with Crippen molar-refractivity contribution in [1.82, 2.24) is 9.78 Å². The molecule has 106 valence electrons. The highest BCUT2D eigenvalue weighted by molar-refractivity contribution is 5.88. The first-order chi connectivity index (χ1) is 9.52. The summed E-state index contributed by atoms with van der Waals surface area (Å²) >= 11 is 0. The van der Waals surface area contributed by atoms with Gasteiger partial charge in [-0.1, -0.05) is 6.07 Å². The molecule has 0 aliphatic heterocycles. The van der Waals surface area contributed by atoms with Gasteiger partial charge in [0.2, 0.25) is 0 Å². The fraction of sp³-hybridized carbons (Fsp3) is 0.286. The van der Waals surface area contributed by atoms with Crippen LogP contribution in [-0.2, 0) is 4.74 Å². The lowest BCUT2D eigenvalue weighted by molar-refractivity contribution is 0.0526. The fourth-order valence-electron chi connectivity index (χ4n) is 1.74. The van der Waals surface area contributed by atoms with E-state index in [2.05, 4.69) is 5.10 Å². The number of ether oxygens (including phenoxy) is 1. The molecule has 1 N–H and O–H groups in total. The number of carbonyl (C=O) groups excluding carboxylic acids is 1. The first-order valence-corrected chi connectivity index (χ1v) is 6.22. The van der Waals surface area contributed by atoms with E-state index in [1.807, 2.05) is 0 Å². The molecule has 0 aliphatic carbocycles. The molecule has 5 nitrogen and oxygen atoms in total. The van der Waals surface area contributed by atoms with Gasteiger partial charge >= 0.3 is 5.97 Å². The minimum atomic E-state index is -0.744. The third-order valence-corrected chi connectivity index (χ3v) is 2.79. The summed E-state index contributed by atoms with van der Waals surface area (Å²) in [7, 11) is 0. The SMILES string of the molecule is CCOC(=O)c1cnn(-c2ccc([C@@H](C)O)cc2F)c1. The van der Waals surface area contributed by atoms with Gasteiger partial charge in [0, 0.05) is 6.20 Å². The van der Waals surface area contributed by atoms with Gasteiger partial charge < -0.3 is 9.84 Å². The number of esters is 1. The number of rotatable bonds is 4. The summed E-state index contributed by atoms with van der Waals surface area (Å²) in [5.41, 5.74) is 0.930. The van der Waals surface area contributed by atoms with Crippen LogP contribution in [0.1, 0.15) is 35.9 Å². The molecule has 0 fully saturated rings. The number of halogens is 1. The molecule has 20 heavy (non-hydrogen) atoms. The van der Waals surface area contributed by atoms with E-state index < -0.39 is 17.9 Å². The quantitative estimate of drug-likeness (QED) is 0.871. The Bertz CT molecular complexity index is 623. The van der Waals surface area contributed by atoms with E-state index >= 15 is 0 Å². The molecule has 2 aromatic rings. The molecule has 1 atom stereocenters. The largest absolute Gasteiger partial charge is 0.462 e. The second kappa shape index (κ2) is 5.83. The van der Waals surface area contributed by atoms with Crippen LogP contribution < -0.4 is 0 Å². The topological polar surface area (TPSA) is 64.3 Å². The van der Waals surface area contributed by atoms with Crippen molar-refractivity contribution in [3.05, 3.63) is 47.5 Å². The van der Waals surface area contributed by atoms with E-state index in [1.165, 1.54) is 29.2 Å². The molecular weight excluding hydrogens is 263 g/mol. The number of aromatic nitrogens is 2. The average Bonchev–Trinajstić information content (AvgIpc) is 2.88. The summed E-state index contributed by atoms with van der Waals surface area (Å²) in [5.74, 6) is -1.03. The van der Waals surface area contributed by atoms with Gasteiger partial charge in [-0.15, -0.1) is 0 Å². The van der Waals surface area contributed by atoms with Crippen molar-refractivity contribution in [1.29, 1.82) is 0 Å². The summed E-state index contributed by atoms with van der Waals surface area (Å²) in [5, 5.41) is 13.3. The molecule has 1 aromatic heterocycles. The van der Waals surface area contributed by atoms with Gasteiger partial charge in [0.05, 0.1) is 24.5 Å².